The molecule has 0 saturated carbocycles. The molecule has 2 aromatic rings. The number of rotatable bonds is 5. The highest BCUT2D eigenvalue weighted by atomic mass is 35.5. The molecule has 0 saturated heterocycles. The minimum absolute atomic E-state index is 0.00661. The highest BCUT2D eigenvalue weighted by molar-refractivity contribution is 6.16. The van der Waals surface area contributed by atoms with Crippen LogP contribution in [0.25, 0.3) is 11.4 Å². The average Bonchev–Trinajstić information content (AvgIpc) is 3.11. The number of ether oxygens (including phenoxy) is 2. The van der Waals surface area contributed by atoms with Gasteiger partial charge in [-0.05, 0) is 24.3 Å². The Balaban J connectivity index is 2.21. The molecule has 0 amide bonds. The SMILES string of the molecule is COC(=O)C1=C(C(=O)OC)N(c2ccccc2-c2noc(CCl)n2)C=CC=C1. The van der Waals surface area contributed by atoms with E-state index in [0.29, 0.717) is 17.1 Å². The van der Waals surface area contributed by atoms with Crippen LogP contribution in [0.4, 0.5) is 5.69 Å². The smallest absolute Gasteiger partial charge is 0.355 e. The van der Waals surface area contributed by atoms with Gasteiger partial charge in [0.05, 0.1) is 25.5 Å². The van der Waals surface area contributed by atoms with Crippen molar-refractivity contribution in [2.45, 2.75) is 5.88 Å². The van der Waals surface area contributed by atoms with Gasteiger partial charge in [-0.3, -0.25) is 0 Å². The molecule has 28 heavy (non-hydrogen) atoms. The second kappa shape index (κ2) is 8.53. The maximum absolute atomic E-state index is 12.6. The largest absolute Gasteiger partial charge is 0.465 e. The standard InChI is InChI=1S/C19H16ClN3O5/c1-26-18(24)13-8-5-6-10-23(16(13)19(25)27-2)14-9-4-3-7-12(14)17-21-15(11-20)28-22-17/h3-10H,11H2,1-2H3. The summed E-state index contributed by atoms with van der Waals surface area (Å²) in [5.41, 5.74) is 1.14. The normalized spacial score (nSPS) is 13.5. The van der Waals surface area contributed by atoms with Gasteiger partial charge in [-0.15, -0.1) is 11.6 Å². The molecule has 1 aromatic carbocycles. The number of methoxy groups -OCH3 is 2. The van der Waals surface area contributed by atoms with Crippen LogP contribution >= 0.6 is 11.6 Å². The predicted molar refractivity (Wildman–Crippen MR) is 101 cm³/mol. The Kier molecular flexibility index (Phi) is 5.90. The zero-order valence-corrected chi connectivity index (χ0v) is 15.8. The first kappa shape index (κ1) is 19.4. The lowest BCUT2D eigenvalue weighted by Crippen LogP contribution is -2.27. The number of allylic oxidation sites excluding steroid dienone is 2. The molecule has 1 aliphatic rings. The summed E-state index contributed by atoms with van der Waals surface area (Å²) in [7, 11) is 2.47. The number of carbonyl (C=O) groups is 2. The molecule has 0 atom stereocenters. The van der Waals surface area contributed by atoms with Crippen molar-refractivity contribution < 1.29 is 23.6 Å². The highest BCUT2D eigenvalue weighted by Gasteiger charge is 2.29. The minimum atomic E-state index is -0.707. The van der Waals surface area contributed by atoms with Crippen LogP contribution in [-0.2, 0) is 24.9 Å². The van der Waals surface area contributed by atoms with E-state index >= 15 is 0 Å². The van der Waals surface area contributed by atoms with Crippen LogP contribution < -0.4 is 4.90 Å². The highest BCUT2D eigenvalue weighted by Crippen LogP contribution is 2.34. The number of benzene rings is 1. The summed E-state index contributed by atoms with van der Waals surface area (Å²) >= 11 is 5.75. The van der Waals surface area contributed by atoms with Crippen LogP contribution in [-0.4, -0.2) is 36.3 Å². The van der Waals surface area contributed by atoms with E-state index < -0.39 is 11.9 Å². The van der Waals surface area contributed by atoms with Gasteiger partial charge in [0, 0.05) is 11.8 Å². The van der Waals surface area contributed by atoms with E-state index in [1.54, 1.807) is 42.6 Å². The second-order valence-corrected chi connectivity index (χ2v) is 5.75. The molecule has 144 valence electrons. The minimum Gasteiger partial charge on any atom is -0.465 e. The van der Waals surface area contributed by atoms with Gasteiger partial charge >= 0.3 is 11.9 Å². The fourth-order valence-electron chi connectivity index (χ4n) is 2.64. The molecule has 0 bridgehead atoms. The summed E-state index contributed by atoms with van der Waals surface area (Å²) in [6.45, 7) is 0. The number of alkyl halides is 1. The third kappa shape index (κ3) is 3.67. The van der Waals surface area contributed by atoms with Gasteiger partial charge in [-0.2, -0.15) is 4.98 Å². The van der Waals surface area contributed by atoms with Crippen molar-refractivity contribution in [3.05, 3.63) is 65.9 Å². The van der Waals surface area contributed by atoms with Crippen LogP contribution in [0.15, 0.2) is 64.5 Å². The molecule has 0 N–H and O–H groups in total. The second-order valence-electron chi connectivity index (χ2n) is 5.48. The van der Waals surface area contributed by atoms with Crippen molar-refractivity contribution in [2.24, 2.45) is 0 Å². The Morgan fingerprint density at radius 2 is 1.89 bits per heavy atom. The van der Waals surface area contributed by atoms with Crippen LogP contribution in [0.3, 0.4) is 0 Å². The summed E-state index contributed by atoms with van der Waals surface area (Å²) in [4.78, 5) is 30.6. The van der Waals surface area contributed by atoms with Gasteiger partial charge in [0.1, 0.15) is 11.6 Å². The first-order valence-corrected chi connectivity index (χ1v) is 8.67. The molecule has 1 aliphatic heterocycles. The Bertz CT molecular complexity index is 993. The number of esters is 2. The summed E-state index contributed by atoms with van der Waals surface area (Å²) in [6, 6.07) is 7.08. The zero-order valence-electron chi connectivity index (χ0n) is 15.1. The predicted octanol–water partition coefficient (Wildman–Crippen LogP) is 2.97. The van der Waals surface area contributed by atoms with Crippen molar-refractivity contribution >= 4 is 29.2 Å². The molecule has 8 nitrogen and oxygen atoms in total. The molecule has 0 unspecified atom stereocenters. The molecule has 2 heterocycles. The van der Waals surface area contributed by atoms with Crippen LogP contribution in [0, 0.1) is 0 Å². The number of halogens is 1. The van der Waals surface area contributed by atoms with E-state index in [1.807, 2.05) is 0 Å². The van der Waals surface area contributed by atoms with Crippen molar-refractivity contribution in [1.29, 1.82) is 0 Å². The van der Waals surface area contributed by atoms with Gasteiger partial charge in [0.25, 0.3) is 0 Å². The topological polar surface area (TPSA) is 94.8 Å². The maximum atomic E-state index is 12.6. The average molecular weight is 402 g/mol. The first-order valence-electron chi connectivity index (χ1n) is 8.13. The van der Waals surface area contributed by atoms with E-state index in [0.717, 1.165) is 0 Å². The molecular formula is C19H16ClN3O5. The molecule has 0 aliphatic carbocycles. The number of aromatic nitrogens is 2. The molecule has 9 heteroatoms. The Hall–Kier alpha value is -3.39. The van der Waals surface area contributed by atoms with Crippen molar-refractivity contribution in [3.8, 4) is 11.4 Å². The Morgan fingerprint density at radius 1 is 1.14 bits per heavy atom. The molecule has 3 rings (SSSR count). The van der Waals surface area contributed by atoms with E-state index in [2.05, 4.69) is 10.1 Å². The quantitative estimate of drug-likeness (QED) is 0.557. The summed E-state index contributed by atoms with van der Waals surface area (Å²) < 4.78 is 14.8. The maximum Gasteiger partial charge on any atom is 0.355 e. The van der Waals surface area contributed by atoms with Crippen LogP contribution in [0.5, 0.6) is 0 Å². The lowest BCUT2D eigenvalue weighted by molar-refractivity contribution is -0.139. The van der Waals surface area contributed by atoms with Gasteiger partial charge < -0.3 is 18.9 Å². The number of anilines is 1. The van der Waals surface area contributed by atoms with E-state index in [1.165, 1.54) is 25.2 Å². The molecular weight excluding hydrogens is 386 g/mol. The fraction of sp³-hybridized carbons (Fsp3) is 0.158. The third-order valence-corrected chi connectivity index (χ3v) is 4.10. The molecule has 0 spiro atoms. The van der Waals surface area contributed by atoms with E-state index in [4.69, 9.17) is 25.6 Å². The number of carbonyl (C=O) groups excluding carboxylic acids is 2. The van der Waals surface area contributed by atoms with Crippen LogP contribution in [0.2, 0.25) is 0 Å². The summed E-state index contributed by atoms with van der Waals surface area (Å²) in [5, 5.41) is 3.94. The van der Waals surface area contributed by atoms with Crippen molar-refractivity contribution in [1.82, 2.24) is 10.1 Å². The molecule has 1 aromatic heterocycles. The van der Waals surface area contributed by atoms with E-state index in [-0.39, 0.29) is 23.0 Å². The Labute approximate surface area is 165 Å². The lowest BCUT2D eigenvalue weighted by atomic mass is 10.1. The number of para-hydroxylation sites is 1. The van der Waals surface area contributed by atoms with Crippen LogP contribution in [0.1, 0.15) is 5.89 Å². The number of hydrogen-bond donors (Lipinski definition) is 0. The first-order chi connectivity index (χ1) is 13.6. The van der Waals surface area contributed by atoms with E-state index in [9.17, 15) is 9.59 Å². The monoisotopic (exact) mass is 401 g/mol. The summed E-state index contributed by atoms with van der Waals surface area (Å²) in [5.74, 6) is -0.755. The number of nitrogens with zero attached hydrogens (tertiary/aromatic N) is 3. The zero-order chi connectivity index (χ0) is 20.1. The van der Waals surface area contributed by atoms with Gasteiger partial charge in [0.15, 0.2) is 0 Å². The van der Waals surface area contributed by atoms with Gasteiger partial charge in [0.2, 0.25) is 11.7 Å². The molecule has 0 radical (unpaired) electrons. The molecule has 0 fully saturated rings. The van der Waals surface area contributed by atoms with Gasteiger partial charge in [-0.1, -0.05) is 23.4 Å². The fourth-order valence-corrected chi connectivity index (χ4v) is 2.75. The number of hydrogen-bond acceptors (Lipinski definition) is 8. The lowest BCUT2D eigenvalue weighted by Gasteiger charge is -2.24. The third-order valence-electron chi connectivity index (χ3n) is 3.88. The van der Waals surface area contributed by atoms with Crippen molar-refractivity contribution in [2.75, 3.05) is 19.1 Å². The summed E-state index contributed by atoms with van der Waals surface area (Å²) in [6.07, 6.45) is 6.41. The van der Waals surface area contributed by atoms with Gasteiger partial charge in [-0.25, -0.2) is 9.59 Å². The van der Waals surface area contributed by atoms with Crippen molar-refractivity contribution in [3.63, 3.8) is 0 Å². The Morgan fingerprint density at radius 3 is 2.57 bits per heavy atom.